The zero-order valence-corrected chi connectivity index (χ0v) is 19.3. The fourth-order valence-electron chi connectivity index (χ4n) is 5.01. The van der Waals surface area contributed by atoms with Gasteiger partial charge in [0.1, 0.15) is 0 Å². The quantitative estimate of drug-likeness (QED) is 0.453. The van der Waals surface area contributed by atoms with Crippen molar-refractivity contribution in [2.45, 2.75) is 104 Å². The van der Waals surface area contributed by atoms with Gasteiger partial charge in [0.2, 0.25) is 0 Å². The summed E-state index contributed by atoms with van der Waals surface area (Å²) in [5, 5.41) is 0.284. The summed E-state index contributed by atoms with van der Waals surface area (Å²) < 4.78 is 6.51. The molecule has 4 heteroatoms. The van der Waals surface area contributed by atoms with Crippen molar-refractivity contribution in [1.82, 2.24) is 0 Å². The van der Waals surface area contributed by atoms with Crippen LogP contribution < -0.4 is 0 Å². The lowest BCUT2D eigenvalue weighted by Gasteiger charge is -2.62. The van der Waals surface area contributed by atoms with Gasteiger partial charge in [0.25, 0.3) is 6.13 Å². The molecule has 0 aromatic carbocycles. The van der Waals surface area contributed by atoms with Crippen LogP contribution in [0, 0.1) is 23.2 Å². The molecule has 140 valence electrons. The lowest BCUT2D eigenvalue weighted by molar-refractivity contribution is -0.0988. The lowest BCUT2D eigenvalue weighted by atomic mass is 9.36. The van der Waals surface area contributed by atoms with E-state index in [0.29, 0.717) is 23.5 Å². The van der Waals surface area contributed by atoms with Crippen molar-refractivity contribution in [1.29, 1.82) is 0 Å². The Kier molecular flexibility index (Phi) is 6.01. The topological polar surface area (TPSA) is 9.23 Å². The molecule has 0 unspecified atom stereocenters. The second-order valence-corrected chi connectivity index (χ2v) is 16.2. The van der Waals surface area contributed by atoms with Gasteiger partial charge in [0.15, 0.2) is 8.32 Å². The zero-order chi connectivity index (χ0) is 18.5. The molecule has 0 heterocycles. The molecule has 0 amide bonds. The van der Waals surface area contributed by atoms with E-state index in [1.165, 1.54) is 12.8 Å². The maximum atomic E-state index is 6.89. The van der Waals surface area contributed by atoms with E-state index in [9.17, 15) is 0 Å². The molecule has 3 aliphatic carbocycles. The standard InChI is InChI=1S/C20H40BClOSi/c1-14(23-24(8,9)19(3,4)5)10-11-21(22)18-13-16-12-17(15(18)2)20(16,6)7/h14-18H,10-13H2,1-9H3/t14-,15+,16-,17+,18+/m0/s1. The van der Waals surface area contributed by atoms with Crippen molar-refractivity contribution in [2.24, 2.45) is 23.2 Å². The molecule has 24 heavy (non-hydrogen) atoms. The summed E-state index contributed by atoms with van der Waals surface area (Å²) in [6, 6.07) is 0. The molecule has 0 aromatic rings. The summed E-state index contributed by atoms with van der Waals surface area (Å²) >= 11 is 6.89. The molecule has 0 spiro atoms. The number of rotatable bonds is 6. The van der Waals surface area contributed by atoms with Crippen LogP contribution in [0.25, 0.3) is 0 Å². The van der Waals surface area contributed by atoms with Crippen LogP contribution in [0.3, 0.4) is 0 Å². The summed E-state index contributed by atoms with van der Waals surface area (Å²) in [6.07, 6.45) is 5.65. The third-order valence-electron chi connectivity index (χ3n) is 8.03. The Balaban J connectivity index is 1.83. The summed E-state index contributed by atoms with van der Waals surface area (Å²) in [4.78, 5) is 0. The minimum absolute atomic E-state index is 0.284. The Morgan fingerprint density at radius 3 is 2.29 bits per heavy atom. The first kappa shape index (κ1) is 20.8. The predicted molar refractivity (Wildman–Crippen MR) is 112 cm³/mol. The smallest absolute Gasteiger partial charge is 0.254 e. The second-order valence-electron chi connectivity index (χ2n) is 10.9. The Labute approximate surface area is 157 Å². The maximum absolute atomic E-state index is 6.89. The van der Waals surface area contributed by atoms with Gasteiger partial charge in [-0.3, -0.25) is 0 Å². The molecular formula is C20H40BClOSi. The van der Waals surface area contributed by atoms with E-state index >= 15 is 0 Å². The van der Waals surface area contributed by atoms with Gasteiger partial charge in [-0.2, -0.15) is 11.5 Å². The molecular weight excluding hydrogens is 331 g/mol. The molecule has 0 N–H and O–H groups in total. The first-order valence-corrected chi connectivity index (χ1v) is 13.4. The number of fused-ring (bicyclic) bond motifs is 2. The Bertz CT molecular complexity index is 445. The largest absolute Gasteiger partial charge is 0.414 e. The SMILES string of the molecule is C[C@@H]1[C@H]2C[C@@H](C[C@H]1B(Cl)CC[C@H](C)O[Si](C)(C)C(C)(C)C)C2(C)C. The van der Waals surface area contributed by atoms with Crippen LogP contribution in [-0.2, 0) is 4.43 Å². The van der Waals surface area contributed by atoms with Gasteiger partial charge in [-0.1, -0.05) is 54.3 Å². The molecule has 3 saturated carbocycles. The van der Waals surface area contributed by atoms with Crippen LogP contribution in [0.2, 0.25) is 30.3 Å². The van der Waals surface area contributed by atoms with Gasteiger partial charge in [-0.15, -0.1) is 0 Å². The highest BCUT2D eigenvalue weighted by atomic mass is 35.5. The van der Waals surface area contributed by atoms with Crippen molar-refractivity contribution >= 4 is 25.9 Å². The minimum atomic E-state index is -1.66. The third-order valence-corrected chi connectivity index (χ3v) is 13.2. The molecule has 0 radical (unpaired) electrons. The summed E-state index contributed by atoms with van der Waals surface area (Å²) in [7, 11) is -1.66. The van der Waals surface area contributed by atoms with Gasteiger partial charge in [0, 0.05) is 6.10 Å². The summed E-state index contributed by atoms with van der Waals surface area (Å²) in [6.45, 7) is 21.3. The average molecular weight is 371 g/mol. The Morgan fingerprint density at radius 2 is 1.83 bits per heavy atom. The lowest BCUT2D eigenvalue weighted by Crippen LogP contribution is -2.55. The molecule has 1 nitrogen and oxygen atoms in total. The van der Waals surface area contributed by atoms with Crippen LogP contribution >= 0.6 is 11.5 Å². The zero-order valence-electron chi connectivity index (χ0n) is 17.6. The molecule has 2 bridgehead atoms. The van der Waals surface area contributed by atoms with E-state index in [4.69, 9.17) is 15.9 Å². The minimum Gasteiger partial charge on any atom is -0.414 e. The average Bonchev–Trinajstić information content (AvgIpc) is 2.42. The third kappa shape index (κ3) is 3.93. The highest BCUT2D eigenvalue weighted by Crippen LogP contribution is 2.65. The molecule has 3 aliphatic rings. The van der Waals surface area contributed by atoms with Crippen molar-refractivity contribution in [3.05, 3.63) is 0 Å². The highest BCUT2D eigenvalue weighted by molar-refractivity contribution is 7.07. The van der Waals surface area contributed by atoms with Gasteiger partial charge in [0.05, 0.1) is 0 Å². The highest BCUT2D eigenvalue weighted by Gasteiger charge is 2.57. The number of hydrogen-bond donors (Lipinski definition) is 0. The summed E-state index contributed by atoms with van der Waals surface area (Å²) in [5.41, 5.74) is 0.561. The monoisotopic (exact) mass is 370 g/mol. The van der Waals surface area contributed by atoms with Crippen LogP contribution in [-0.4, -0.2) is 20.5 Å². The van der Waals surface area contributed by atoms with E-state index < -0.39 is 8.32 Å². The molecule has 3 rings (SSSR count). The van der Waals surface area contributed by atoms with Crippen LogP contribution in [0.15, 0.2) is 0 Å². The van der Waals surface area contributed by atoms with E-state index in [1.54, 1.807) is 0 Å². The maximum Gasteiger partial charge on any atom is 0.254 e. The van der Waals surface area contributed by atoms with Crippen molar-refractivity contribution in [3.63, 3.8) is 0 Å². The van der Waals surface area contributed by atoms with Crippen LogP contribution in [0.4, 0.5) is 0 Å². The van der Waals surface area contributed by atoms with Gasteiger partial charge >= 0.3 is 0 Å². The van der Waals surface area contributed by atoms with E-state index in [0.717, 1.165) is 30.5 Å². The van der Waals surface area contributed by atoms with E-state index in [2.05, 4.69) is 61.6 Å². The Hall–Kier alpha value is 0.532. The van der Waals surface area contributed by atoms with E-state index in [1.807, 2.05) is 0 Å². The van der Waals surface area contributed by atoms with Crippen molar-refractivity contribution in [3.8, 4) is 0 Å². The normalized spacial score (nSPS) is 33.8. The van der Waals surface area contributed by atoms with Crippen LogP contribution in [0.1, 0.15) is 67.7 Å². The van der Waals surface area contributed by atoms with Crippen LogP contribution in [0.5, 0.6) is 0 Å². The molecule has 0 aliphatic heterocycles. The van der Waals surface area contributed by atoms with Crippen molar-refractivity contribution < 1.29 is 4.43 Å². The summed E-state index contributed by atoms with van der Waals surface area (Å²) in [5.74, 6) is 3.29. The first-order valence-electron chi connectivity index (χ1n) is 10.1. The van der Waals surface area contributed by atoms with Crippen molar-refractivity contribution in [2.75, 3.05) is 0 Å². The van der Waals surface area contributed by atoms with Gasteiger partial charge in [-0.25, -0.2) is 0 Å². The Morgan fingerprint density at radius 1 is 1.25 bits per heavy atom. The first-order chi connectivity index (χ1) is 10.8. The molecule has 0 saturated heterocycles. The molecule has 5 atom stereocenters. The van der Waals surface area contributed by atoms with Gasteiger partial charge < -0.3 is 4.43 Å². The predicted octanol–water partition coefficient (Wildman–Crippen LogP) is 7.09. The number of halogens is 1. The molecule has 0 aromatic heterocycles. The number of hydrogen-bond acceptors (Lipinski definition) is 1. The van der Waals surface area contributed by atoms with E-state index in [-0.39, 0.29) is 5.04 Å². The fraction of sp³-hybridized carbons (Fsp3) is 1.00. The second kappa shape index (κ2) is 6.93. The fourth-order valence-corrected chi connectivity index (χ4v) is 6.95. The van der Waals surface area contributed by atoms with Gasteiger partial charge in [-0.05, 0) is 66.9 Å². The molecule has 3 fully saturated rings.